The van der Waals surface area contributed by atoms with Crippen molar-refractivity contribution in [3.05, 3.63) is 29.3 Å². The van der Waals surface area contributed by atoms with Crippen molar-refractivity contribution in [2.24, 2.45) is 5.41 Å². The van der Waals surface area contributed by atoms with Gasteiger partial charge >= 0.3 is 5.97 Å². The molecule has 4 heteroatoms. The number of ether oxygens (including phenoxy) is 1. The van der Waals surface area contributed by atoms with E-state index >= 15 is 0 Å². The first-order chi connectivity index (χ1) is 8.95. The number of hydrogen-bond acceptors (Lipinski definition) is 4. The molecule has 2 N–H and O–H groups in total. The Morgan fingerprint density at radius 1 is 1.47 bits per heavy atom. The minimum Gasteiger partial charge on any atom is -0.465 e. The second kappa shape index (κ2) is 6.57. The van der Waals surface area contributed by atoms with Gasteiger partial charge in [0.2, 0.25) is 0 Å². The van der Waals surface area contributed by atoms with Crippen LogP contribution in [0, 0.1) is 12.3 Å². The number of aryl methyl sites for hydroxylation is 1. The average molecular weight is 265 g/mol. The zero-order valence-corrected chi connectivity index (χ0v) is 12.1. The molecule has 0 aliphatic carbocycles. The van der Waals surface area contributed by atoms with Gasteiger partial charge in [-0.05, 0) is 25.5 Å². The van der Waals surface area contributed by atoms with Crippen molar-refractivity contribution in [3.8, 4) is 0 Å². The molecule has 0 fully saturated rings. The van der Waals surface area contributed by atoms with Gasteiger partial charge in [0.15, 0.2) is 0 Å². The van der Waals surface area contributed by atoms with E-state index in [2.05, 4.69) is 5.32 Å². The first-order valence-electron chi connectivity index (χ1n) is 6.49. The fourth-order valence-corrected chi connectivity index (χ4v) is 1.69. The predicted octanol–water partition coefficient (Wildman–Crippen LogP) is 2.60. The Kier molecular flexibility index (Phi) is 5.36. The molecule has 106 valence electrons. The first-order valence-corrected chi connectivity index (χ1v) is 6.49. The van der Waals surface area contributed by atoms with Crippen LogP contribution in [0.15, 0.2) is 18.2 Å². The summed E-state index contributed by atoms with van der Waals surface area (Å²) in [6, 6.07) is 5.61. The van der Waals surface area contributed by atoms with Crippen LogP contribution in [0.4, 0.5) is 5.69 Å². The molecule has 0 heterocycles. The minimum atomic E-state index is -0.353. The Balaban J connectivity index is 2.92. The molecular formula is C15H23NO3. The van der Waals surface area contributed by atoms with Crippen LogP contribution in [0.25, 0.3) is 0 Å². The summed E-state index contributed by atoms with van der Waals surface area (Å²) >= 11 is 0. The van der Waals surface area contributed by atoms with Crippen LogP contribution >= 0.6 is 0 Å². The lowest BCUT2D eigenvalue weighted by Gasteiger charge is -2.27. The van der Waals surface area contributed by atoms with Crippen molar-refractivity contribution in [1.82, 2.24) is 0 Å². The number of anilines is 1. The SMILES string of the molecule is CCC(C)(CO)CNc1ccc(C)cc1C(=O)OC. The van der Waals surface area contributed by atoms with Crippen molar-refractivity contribution in [3.63, 3.8) is 0 Å². The molecule has 4 nitrogen and oxygen atoms in total. The molecule has 1 unspecified atom stereocenters. The van der Waals surface area contributed by atoms with Gasteiger partial charge in [-0.3, -0.25) is 0 Å². The van der Waals surface area contributed by atoms with Crippen LogP contribution in [0.1, 0.15) is 36.2 Å². The quantitative estimate of drug-likeness (QED) is 0.776. The maximum absolute atomic E-state index is 11.7. The summed E-state index contributed by atoms with van der Waals surface area (Å²) in [4.78, 5) is 11.7. The highest BCUT2D eigenvalue weighted by Crippen LogP contribution is 2.24. The molecule has 19 heavy (non-hydrogen) atoms. The van der Waals surface area contributed by atoms with Gasteiger partial charge in [0.05, 0.1) is 19.3 Å². The maximum atomic E-state index is 11.7. The lowest BCUT2D eigenvalue weighted by Crippen LogP contribution is -2.30. The van der Waals surface area contributed by atoms with E-state index in [1.54, 1.807) is 6.07 Å². The van der Waals surface area contributed by atoms with Gasteiger partial charge in [-0.15, -0.1) is 0 Å². The summed E-state index contributed by atoms with van der Waals surface area (Å²) in [5.41, 5.74) is 2.08. The fourth-order valence-electron chi connectivity index (χ4n) is 1.69. The van der Waals surface area contributed by atoms with Crippen LogP contribution in [-0.4, -0.2) is 31.3 Å². The molecule has 0 aliphatic heterocycles. The van der Waals surface area contributed by atoms with E-state index in [0.717, 1.165) is 17.7 Å². The molecule has 0 bridgehead atoms. The molecule has 0 radical (unpaired) electrons. The molecule has 1 atom stereocenters. The molecule has 0 spiro atoms. The van der Waals surface area contributed by atoms with Gasteiger partial charge < -0.3 is 15.2 Å². The summed E-state index contributed by atoms with van der Waals surface area (Å²) < 4.78 is 4.79. The van der Waals surface area contributed by atoms with Crippen LogP contribution in [0.3, 0.4) is 0 Å². The van der Waals surface area contributed by atoms with Crippen LogP contribution in [-0.2, 0) is 4.74 Å². The lowest BCUT2D eigenvalue weighted by atomic mass is 9.88. The zero-order chi connectivity index (χ0) is 14.5. The predicted molar refractivity (Wildman–Crippen MR) is 76.5 cm³/mol. The molecule has 0 saturated heterocycles. The highest BCUT2D eigenvalue weighted by molar-refractivity contribution is 5.95. The Labute approximate surface area is 114 Å². The number of aliphatic hydroxyl groups excluding tert-OH is 1. The third-order valence-corrected chi connectivity index (χ3v) is 3.52. The molecule has 0 saturated carbocycles. The third-order valence-electron chi connectivity index (χ3n) is 3.52. The van der Waals surface area contributed by atoms with Crippen LogP contribution < -0.4 is 5.32 Å². The van der Waals surface area contributed by atoms with Crippen molar-refractivity contribution < 1.29 is 14.6 Å². The molecule has 1 rings (SSSR count). The van der Waals surface area contributed by atoms with Gasteiger partial charge in [0, 0.05) is 17.6 Å². The summed E-state index contributed by atoms with van der Waals surface area (Å²) in [5, 5.41) is 12.6. The Hall–Kier alpha value is -1.55. The monoisotopic (exact) mass is 265 g/mol. The molecule has 0 amide bonds. The number of benzene rings is 1. The van der Waals surface area contributed by atoms with Gasteiger partial charge in [-0.25, -0.2) is 4.79 Å². The smallest absolute Gasteiger partial charge is 0.339 e. The highest BCUT2D eigenvalue weighted by Gasteiger charge is 2.21. The maximum Gasteiger partial charge on any atom is 0.339 e. The van der Waals surface area contributed by atoms with Crippen molar-refractivity contribution >= 4 is 11.7 Å². The van der Waals surface area contributed by atoms with Gasteiger partial charge in [-0.2, -0.15) is 0 Å². The molecule has 0 aliphatic rings. The van der Waals surface area contributed by atoms with E-state index in [0.29, 0.717) is 12.1 Å². The third kappa shape index (κ3) is 3.96. The number of carbonyl (C=O) groups excluding carboxylic acids is 1. The summed E-state index contributed by atoms with van der Waals surface area (Å²) in [7, 11) is 1.37. The van der Waals surface area contributed by atoms with E-state index in [-0.39, 0.29) is 18.0 Å². The molecule has 0 aromatic heterocycles. The molecule has 1 aromatic carbocycles. The second-order valence-electron chi connectivity index (χ2n) is 5.22. The number of rotatable bonds is 6. The number of nitrogens with one attached hydrogen (secondary N) is 1. The molecule has 1 aromatic rings. The lowest BCUT2D eigenvalue weighted by molar-refractivity contribution is 0.0601. The molecular weight excluding hydrogens is 242 g/mol. The normalized spacial score (nSPS) is 13.7. The zero-order valence-electron chi connectivity index (χ0n) is 12.1. The summed E-state index contributed by atoms with van der Waals surface area (Å²) in [6.07, 6.45) is 0.857. The van der Waals surface area contributed by atoms with Crippen LogP contribution in [0.2, 0.25) is 0 Å². The minimum absolute atomic E-state index is 0.107. The van der Waals surface area contributed by atoms with Crippen LogP contribution in [0.5, 0.6) is 0 Å². The topological polar surface area (TPSA) is 58.6 Å². The number of esters is 1. The Bertz CT molecular complexity index is 439. The van der Waals surface area contributed by atoms with E-state index in [1.165, 1.54) is 7.11 Å². The van der Waals surface area contributed by atoms with E-state index in [9.17, 15) is 9.90 Å². The largest absolute Gasteiger partial charge is 0.465 e. The van der Waals surface area contributed by atoms with Gasteiger partial charge in [0.1, 0.15) is 0 Å². The Morgan fingerprint density at radius 2 is 2.16 bits per heavy atom. The van der Waals surface area contributed by atoms with E-state index in [4.69, 9.17) is 4.74 Å². The number of hydrogen-bond donors (Lipinski definition) is 2. The first kappa shape index (κ1) is 15.5. The van der Waals surface area contributed by atoms with Crippen molar-refractivity contribution in [2.75, 3.05) is 25.6 Å². The standard InChI is InChI=1S/C15H23NO3/c1-5-15(3,10-17)9-16-13-7-6-11(2)8-12(13)14(18)19-4/h6-8,16-17H,5,9-10H2,1-4H3. The highest BCUT2D eigenvalue weighted by atomic mass is 16.5. The van der Waals surface area contributed by atoms with E-state index in [1.807, 2.05) is 32.9 Å². The van der Waals surface area contributed by atoms with Crippen molar-refractivity contribution in [2.45, 2.75) is 27.2 Å². The second-order valence-corrected chi connectivity index (χ2v) is 5.22. The van der Waals surface area contributed by atoms with E-state index < -0.39 is 0 Å². The number of methoxy groups -OCH3 is 1. The summed E-state index contributed by atoms with van der Waals surface area (Å²) in [6.45, 7) is 6.68. The average Bonchev–Trinajstić information content (AvgIpc) is 2.44. The van der Waals surface area contributed by atoms with Crippen molar-refractivity contribution in [1.29, 1.82) is 0 Å². The number of aliphatic hydroxyl groups is 1. The summed E-state index contributed by atoms with van der Waals surface area (Å²) in [5.74, 6) is -0.353. The Morgan fingerprint density at radius 3 is 2.68 bits per heavy atom. The van der Waals surface area contributed by atoms with Gasteiger partial charge in [-0.1, -0.05) is 25.5 Å². The number of carbonyl (C=O) groups is 1. The fraction of sp³-hybridized carbons (Fsp3) is 0.533. The van der Waals surface area contributed by atoms with Gasteiger partial charge in [0.25, 0.3) is 0 Å².